The van der Waals surface area contributed by atoms with Crippen molar-refractivity contribution in [1.29, 1.82) is 5.26 Å². The van der Waals surface area contributed by atoms with Crippen LogP contribution in [0.5, 0.6) is 0 Å². The molecule has 0 radical (unpaired) electrons. The normalized spacial score (nSPS) is 11.8. The summed E-state index contributed by atoms with van der Waals surface area (Å²) in [6, 6.07) is 10.7. The average Bonchev–Trinajstić information content (AvgIpc) is 2.21. The van der Waals surface area contributed by atoms with E-state index in [-0.39, 0.29) is 6.04 Å². The molecule has 0 bridgehead atoms. The maximum absolute atomic E-state index is 8.60. The molecule has 1 rings (SSSR count). The molecule has 0 spiro atoms. The van der Waals surface area contributed by atoms with E-state index in [1.165, 1.54) is 11.3 Å². The minimum atomic E-state index is 0.216. The van der Waals surface area contributed by atoms with Crippen LogP contribution in [-0.2, 0) is 6.42 Å². The summed E-state index contributed by atoms with van der Waals surface area (Å²) in [6.45, 7) is 4.21. The van der Waals surface area contributed by atoms with Crippen LogP contribution in [0.25, 0.3) is 0 Å². The van der Waals surface area contributed by atoms with Gasteiger partial charge in [0.15, 0.2) is 0 Å². The molecule has 0 aliphatic heterocycles. The highest BCUT2D eigenvalue weighted by Gasteiger charge is 2.04. The molecule has 1 aromatic rings. The minimum Gasteiger partial charge on any atom is -0.381 e. The molecule has 1 unspecified atom stereocenters. The smallest absolute Gasteiger partial charge is 0.0643 e. The van der Waals surface area contributed by atoms with E-state index < -0.39 is 0 Å². The average molecular weight is 202 g/mol. The SMILES string of the molecule is CCCc1ccccc1NC(C)CC#N. The summed E-state index contributed by atoms with van der Waals surface area (Å²) in [4.78, 5) is 0. The largest absolute Gasteiger partial charge is 0.381 e. The fourth-order valence-electron chi connectivity index (χ4n) is 1.60. The summed E-state index contributed by atoms with van der Waals surface area (Å²) >= 11 is 0. The van der Waals surface area contributed by atoms with Crippen molar-refractivity contribution in [2.75, 3.05) is 5.32 Å². The molecule has 0 saturated heterocycles. The van der Waals surface area contributed by atoms with E-state index in [1.807, 2.05) is 13.0 Å². The Balaban J connectivity index is 2.71. The first-order valence-electron chi connectivity index (χ1n) is 5.49. The summed E-state index contributed by atoms with van der Waals surface area (Å²) in [5, 5.41) is 12.0. The van der Waals surface area contributed by atoms with Gasteiger partial charge in [0.25, 0.3) is 0 Å². The second-order valence-corrected chi connectivity index (χ2v) is 3.81. The fourth-order valence-corrected chi connectivity index (χ4v) is 1.60. The van der Waals surface area contributed by atoms with Crippen LogP contribution in [0.1, 0.15) is 32.3 Å². The Kier molecular flexibility index (Phi) is 4.70. The molecule has 0 heterocycles. The third-order valence-electron chi connectivity index (χ3n) is 2.34. The molecule has 2 heteroatoms. The van der Waals surface area contributed by atoms with Gasteiger partial charge in [-0.2, -0.15) is 5.26 Å². The van der Waals surface area contributed by atoms with Crippen LogP contribution in [0.15, 0.2) is 24.3 Å². The van der Waals surface area contributed by atoms with Gasteiger partial charge in [-0.25, -0.2) is 0 Å². The number of hydrogen-bond donors (Lipinski definition) is 1. The molecule has 1 N–H and O–H groups in total. The topological polar surface area (TPSA) is 35.8 Å². The van der Waals surface area contributed by atoms with E-state index in [4.69, 9.17) is 5.26 Å². The highest BCUT2D eigenvalue weighted by Crippen LogP contribution is 2.18. The maximum atomic E-state index is 8.60. The second kappa shape index (κ2) is 6.08. The van der Waals surface area contributed by atoms with Crippen LogP contribution in [0.2, 0.25) is 0 Å². The van der Waals surface area contributed by atoms with E-state index in [2.05, 4.69) is 36.5 Å². The van der Waals surface area contributed by atoms with Crippen LogP contribution < -0.4 is 5.32 Å². The van der Waals surface area contributed by atoms with E-state index in [1.54, 1.807) is 0 Å². The number of aryl methyl sites for hydroxylation is 1. The molecule has 80 valence electrons. The second-order valence-electron chi connectivity index (χ2n) is 3.81. The zero-order valence-corrected chi connectivity index (χ0v) is 9.46. The number of nitrogens with zero attached hydrogens (tertiary/aromatic N) is 1. The van der Waals surface area contributed by atoms with Crippen LogP contribution in [0, 0.1) is 11.3 Å². The number of rotatable bonds is 5. The Morgan fingerprint density at radius 3 is 2.80 bits per heavy atom. The molecular weight excluding hydrogens is 184 g/mol. The number of nitriles is 1. The standard InChI is InChI=1S/C13H18N2/c1-3-6-12-7-4-5-8-13(12)15-11(2)9-10-14/h4-5,7-8,11,15H,3,6,9H2,1-2H3. The van der Waals surface area contributed by atoms with Crippen LogP contribution in [-0.4, -0.2) is 6.04 Å². The Labute approximate surface area is 91.9 Å². The van der Waals surface area contributed by atoms with Gasteiger partial charge in [-0.05, 0) is 25.0 Å². The molecule has 1 aromatic carbocycles. The van der Waals surface area contributed by atoms with Crippen molar-refractivity contribution >= 4 is 5.69 Å². The Morgan fingerprint density at radius 2 is 2.13 bits per heavy atom. The first kappa shape index (κ1) is 11.6. The van der Waals surface area contributed by atoms with Gasteiger partial charge in [-0.3, -0.25) is 0 Å². The van der Waals surface area contributed by atoms with Gasteiger partial charge < -0.3 is 5.32 Å². The van der Waals surface area contributed by atoms with Gasteiger partial charge in [0.05, 0.1) is 12.5 Å². The number of nitrogens with one attached hydrogen (secondary N) is 1. The zero-order chi connectivity index (χ0) is 11.1. The van der Waals surface area contributed by atoms with E-state index in [9.17, 15) is 0 Å². The van der Waals surface area contributed by atoms with Crippen molar-refractivity contribution in [1.82, 2.24) is 0 Å². The Bertz CT molecular complexity index is 339. The fraction of sp³-hybridized carbons (Fsp3) is 0.462. The highest BCUT2D eigenvalue weighted by molar-refractivity contribution is 5.51. The molecule has 1 atom stereocenters. The van der Waals surface area contributed by atoms with Gasteiger partial charge in [0.2, 0.25) is 0 Å². The number of para-hydroxylation sites is 1. The summed E-state index contributed by atoms with van der Waals surface area (Å²) < 4.78 is 0. The summed E-state index contributed by atoms with van der Waals surface area (Å²) in [7, 11) is 0. The van der Waals surface area contributed by atoms with Crippen LogP contribution in [0.4, 0.5) is 5.69 Å². The first-order valence-corrected chi connectivity index (χ1v) is 5.49. The lowest BCUT2D eigenvalue weighted by molar-refractivity contribution is 0.814. The van der Waals surface area contributed by atoms with Gasteiger partial charge >= 0.3 is 0 Å². The van der Waals surface area contributed by atoms with Crippen molar-refractivity contribution in [2.24, 2.45) is 0 Å². The van der Waals surface area contributed by atoms with Gasteiger partial charge in [-0.15, -0.1) is 0 Å². The first-order chi connectivity index (χ1) is 7.27. The summed E-state index contributed by atoms with van der Waals surface area (Å²) in [6.07, 6.45) is 2.77. The predicted molar refractivity (Wildman–Crippen MR) is 63.8 cm³/mol. The Morgan fingerprint density at radius 1 is 1.40 bits per heavy atom. The van der Waals surface area contributed by atoms with Crippen molar-refractivity contribution in [3.05, 3.63) is 29.8 Å². The lowest BCUT2D eigenvalue weighted by atomic mass is 10.1. The maximum Gasteiger partial charge on any atom is 0.0643 e. The highest BCUT2D eigenvalue weighted by atomic mass is 14.9. The third-order valence-corrected chi connectivity index (χ3v) is 2.34. The van der Waals surface area contributed by atoms with E-state index >= 15 is 0 Å². The molecule has 15 heavy (non-hydrogen) atoms. The molecule has 0 fully saturated rings. The quantitative estimate of drug-likeness (QED) is 0.794. The molecule has 0 amide bonds. The van der Waals surface area contributed by atoms with E-state index in [0.717, 1.165) is 12.8 Å². The monoisotopic (exact) mass is 202 g/mol. The molecule has 0 aliphatic rings. The summed E-state index contributed by atoms with van der Waals surface area (Å²) in [5.74, 6) is 0. The van der Waals surface area contributed by atoms with Crippen molar-refractivity contribution < 1.29 is 0 Å². The number of anilines is 1. The van der Waals surface area contributed by atoms with Crippen LogP contribution >= 0.6 is 0 Å². The lowest BCUT2D eigenvalue weighted by Gasteiger charge is -2.15. The number of benzene rings is 1. The van der Waals surface area contributed by atoms with Crippen molar-refractivity contribution in [3.8, 4) is 6.07 Å². The predicted octanol–water partition coefficient (Wildman–Crippen LogP) is 3.35. The minimum absolute atomic E-state index is 0.216. The molecular formula is C13H18N2. The van der Waals surface area contributed by atoms with Gasteiger partial charge in [-0.1, -0.05) is 31.5 Å². The third kappa shape index (κ3) is 3.63. The lowest BCUT2D eigenvalue weighted by Crippen LogP contribution is -2.15. The molecule has 0 aromatic heterocycles. The van der Waals surface area contributed by atoms with Crippen LogP contribution in [0.3, 0.4) is 0 Å². The molecule has 2 nitrogen and oxygen atoms in total. The van der Waals surface area contributed by atoms with Crippen molar-refractivity contribution in [3.63, 3.8) is 0 Å². The van der Waals surface area contributed by atoms with E-state index in [0.29, 0.717) is 6.42 Å². The van der Waals surface area contributed by atoms with Gasteiger partial charge in [0, 0.05) is 11.7 Å². The number of hydrogen-bond acceptors (Lipinski definition) is 2. The van der Waals surface area contributed by atoms with Gasteiger partial charge in [0.1, 0.15) is 0 Å². The molecule has 0 saturated carbocycles. The van der Waals surface area contributed by atoms with Crippen molar-refractivity contribution in [2.45, 2.75) is 39.2 Å². The Hall–Kier alpha value is -1.49. The zero-order valence-electron chi connectivity index (χ0n) is 9.46. The molecule has 0 aliphatic carbocycles. The summed E-state index contributed by atoms with van der Waals surface area (Å²) in [5.41, 5.74) is 2.51.